The summed E-state index contributed by atoms with van der Waals surface area (Å²) in [4.78, 5) is 28.3. The standard InChI is InChI=1S/C16H15N3O3/c20-16-8-7-15(13-2-1-9-17-10-13)18(16)11-12-3-5-14(6-4-12)19(21)22/h1-6,9-10,15H,7-8,11H2/t15-/m1/s1. The van der Waals surface area contributed by atoms with E-state index < -0.39 is 4.92 Å². The van der Waals surface area contributed by atoms with E-state index in [9.17, 15) is 14.9 Å². The lowest BCUT2D eigenvalue weighted by atomic mass is 10.1. The summed E-state index contributed by atoms with van der Waals surface area (Å²) in [6.45, 7) is 0.455. The minimum atomic E-state index is -0.427. The van der Waals surface area contributed by atoms with E-state index in [2.05, 4.69) is 4.98 Å². The van der Waals surface area contributed by atoms with Crippen LogP contribution in [0.4, 0.5) is 5.69 Å². The van der Waals surface area contributed by atoms with Crippen LogP contribution in [0.15, 0.2) is 48.8 Å². The zero-order valence-electron chi connectivity index (χ0n) is 11.9. The second kappa shape index (κ2) is 5.93. The molecule has 0 unspecified atom stereocenters. The predicted molar refractivity (Wildman–Crippen MR) is 79.9 cm³/mol. The number of aromatic nitrogens is 1. The molecular weight excluding hydrogens is 282 g/mol. The molecule has 0 bridgehead atoms. The molecule has 112 valence electrons. The van der Waals surface area contributed by atoms with Crippen LogP contribution in [0.2, 0.25) is 0 Å². The summed E-state index contributed by atoms with van der Waals surface area (Å²) in [5, 5.41) is 10.7. The van der Waals surface area contributed by atoms with Gasteiger partial charge in [0.05, 0.1) is 11.0 Å². The molecule has 1 aliphatic rings. The summed E-state index contributed by atoms with van der Waals surface area (Å²) >= 11 is 0. The van der Waals surface area contributed by atoms with E-state index in [0.29, 0.717) is 13.0 Å². The zero-order chi connectivity index (χ0) is 15.5. The van der Waals surface area contributed by atoms with Crippen molar-refractivity contribution < 1.29 is 9.72 Å². The van der Waals surface area contributed by atoms with Gasteiger partial charge in [0.15, 0.2) is 0 Å². The lowest BCUT2D eigenvalue weighted by Gasteiger charge is -2.25. The highest BCUT2D eigenvalue weighted by Crippen LogP contribution is 2.33. The van der Waals surface area contributed by atoms with Crippen LogP contribution in [0.5, 0.6) is 0 Å². The van der Waals surface area contributed by atoms with Crippen LogP contribution >= 0.6 is 0 Å². The van der Waals surface area contributed by atoms with Crippen molar-refractivity contribution in [2.75, 3.05) is 0 Å². The van der Waals surface area contributed by atoms with E-state index in [0.717, 1.165) is 17.5 Å². The van der Waals surface area contributed by atoms with Crippen molar-refractivity contribution in [1.82, 2.24) is 9.88 Å². The molecule has 1 saturated heterocycles. The van der Waals surface area contributed by atoms with Crippen LogP contribution in [-0.4, -0.2) is 20.7 Å². The monoisotopic (exact) mass is 297 g/mol. The quantitative estimate of drug-likeness (QED) is 0.642. The first-order valence-corrected chi connectivity index (χ1v) is 7.08. The van der Waals surface area contributed by atoms with Gasteiger partial charge in [0, 0.05) is 37.5 Å². The van der Waals surface area contributed by atoms with Crippen LogP contribution < -0.4 is 0 Å². The number of hydrogen-bond acceptors (Lipinski definition) is 4. The van der Waals surface area contributed by atoms with E-state index in [1.165, 1.54) is 12.1 Å². The Balaban J connectivity index is 1.80. The Labute approximate surface area is 127 Å². The topological polar surface area (TPSA) is 76.3 Å². The van der Waals surface area contributed by atoms with Crippen LogP contribution in [0.25, 0.3) is 0 Å². The van der Waals surface area contributed by atoms with E-state index >= 15 is 0 Å². The second-order valence-corrected chi connectivity index (χ2v) is 5.29. The number of amides is 1. The van der Waals surface area contributed by atoms with Crippen molar-refractivity contribution in [1.29, 1.82) is 0 Å². The van der Waals surface area contributed by atoms with Gasteiger partial charge in [-0.3, -0.25) is 19.9 Å². The molecule has 6 heteroatoms. The molecule has 3 rings (SSSR count). The van der Waals surface area contributed by atoms with Gasteiger partial charge in [-0.15, -0.1) is 0 Å². The van der Waals surface area contributed by atoms with Gasteiger partial charge >= 0.3 is 0 Å². The van der Waals surface area contributed by atoms with Crippen molar-refractivity contribution in [2.45, 2.75) is 25.4 Å². The molecule has 0 radical (unpaired) electrons. The lowest BCUT2D eigenvalue weighted by Crippen LogP contribution is -2.27. The van der Waals surface area contributed by atoms with Crippen LogP contribution in [0.3, 0.4) is 0 Å². The number of rotatable bonds is 4. The van der Waals surface area contributed by atoms with Gasteiger partial charge in [0.25, 0.3) is 5.69 Å². The number of carbonyl (C=O) groups excluding carboxylic acids is 1. The summed E-state index contributed by atoms with van der Waals surface area (Å²) in [5.74, 6) is 0.104. The molecular formula is C16H15N3O3. The molecule has 2 aromatic rings. The van der Waals surface area contributed by atoms with Gasteiger partial charge < -0.3 is 4.90 Å². The molecule has 1 aromatic heterocycles. The molecule has 6 nitrogen and oxygen atoms in total. The Hall–Kier alpha value is -2.76. The summed E-state index contributed by atoms with van der Waals surface area (Å²) in [7, 11) is 0. The van der Waals surface area contributed by atoms with Crippen LogP contribution in [0.1, 0.15) is 30.0 Å². The van der Waals surface area contributed by atoms with E-state index in [-0.39, 0.29) is 17.6 Å². The molecule has 0 spiro atoms. The van der Waals surface area contributed by atoms with Crippen molar-refractivity contribution in [3.8, 4) is 0 Å². The third kappa shape index (κ3) is 2.81. The number of benzene rings is 1. The normalized spacial score (nSPS) is 17.7. The van der Waals surface area contributed by atoms with Gasteiger partial charge in [-0.05, 0) is 23.6 Å². The maximum absolute atomic E-state index is 12.1. The maximum Gasteiger partial charge on any atom is 0.269 e. The number of nitrogens with zero attached hydrogens (tertiary/aromatic N) is 3. The number of likely N-dealkylation sites (tertiary alicyclic amines) is 1. The number of nitro groups is 1. The highest BCUT2D eigenvalue weighted by atomic mass is 16.6. The van der Waals surface area contributed by atoms with Crippen molar-refractivity contribution in [3.63, 3.8) is 0 Å². The summed E-state index contributed by atoms with van der Waals surface area (Å²) < 4.78 is 0. The lowest BCUT2D eigenvalue weighted by molar-refractivity contribution is -0.384. The number of hydrogen-bond donors (Lipinski definition) is 0. The Morgan fingerprint density at radius 1 is 1.27 bits per heavy atom. The third-order valence-corrected chi connectivity index (χ3v) is 3.90. The predicted octanol–water partition coefficient (Wildman–Crippen LogP) is 2.85. The van der Waals surface area contributed by atoms with Gasteiger partial charge in [0.2, 0.25) is 5.91 Å². The van der Waals surface area contributed by atoms with Crippen LogP contribution in [0, 0.1) is 10.1 Å². The molecule has 0 saturated carbocycles. The fourth-order valence-corrected chi connectivity index (χ4v) is 2.77. The fourth-order valence-electron chi connectivity index (χ4n) is 2.77. The molecule has 2 heterocycles. The zero-order valence-corrected chi connectivity index (χ0v) is 11.9. The Morgan fingerprint density at radius 2 is 2.05 bits per heavy atom. The van der Waals surface area contributed by atoms with Gasteiger partial charge in [0.1, 0.15) is 0 Å². The summed E-state index contributed by atoms with van der Waals surface area (Å²) in [6, 6.07) is 10.2. The van der Waals surface area contributed by atoms with E-state index in [1.807, 2.05) is 17.0 Å². The second-order valence-electron chi connectivity index (χ2n) is 5.29. The minimum Gasteiger partial charge on any atom is -0.331 e. The highest BCUT2D eigenvalue weighted by molar-refractivity contribution is 5.79. The number of nitro benzene ring substituents is 1. The maximum atomic E-state index is 12.1. The Morgan fingerprint density at radius 3 is 2.68 bits per heavy atom. The molecule has 0 N–H and O–H groups in total. The largest absolute Gasteiger partial charge is 0.331 e. The molecule has 1 amide bonds. The van der Waals surface area contributed by atoms with Crippen LogP contribution in [-0.2, 0) is 11.3 Å². The molecule has 1 aromatic carbocycles. The smallest absolute Gasteiger partial charge is 0.269 e. The van der Waals surface area contributed by atoms with Gasteiger partial charge in [-0.1, -0.05) is 18.2 Å². The van der Waals surface area contributed by atoms with E-state index in [1.54, 1.807) is 24.5 Å². The minimum absolute atomic E-state index is 0.0244. The third-order valence-electron chi connectivity index (χ3n) is 3.90. The number of non-ortho nitro benzene ring substituents is 1. The van der Waals surface area contributed by atoms with E-state index in [4.69, 9.17) is 0 Å². The summed E-state index contributed by atoms with van der Waals surface area (Å²) in [6.07, 6.45) is 4.79. The van der Waals surface area contributed by atoms with Gasteiger partial charge in [-0.2, -0.15) is 0 Å². The van der Waals surface area contributed by atoms with Crippen molar-refractivity contribution in [3.05, 3.63) is 70.0 Å². The van der Waals surface area contributed by atoms with Crippen molar-refractivity contribution >= 4 is 11.6 Å². The SMILES string of the molecule is O=C1CC[C@H](c2cccnc2)N1Cc1ccc([N+](=O)[O-])cc1. The molecule has 1 atom stereocenters. The number of carbonyl (C=O) groups is 1. The molecule has 1 aliphatic heterocycles. The molecule has 1 fully saturated rings. The van der Waals surface area contributed by atoms with Crippen molar-refractivity contribution in [2.24, 2.45) is 0 Å². The first-order chi connectivity index (χ1) is 10.6. The first kappa shape index (κ1) is 14.2. The number of pyridine rings is 1. The Kier molecular flexibility index (Phi) is 3.82. The first-order valence-electron chi connectivity index (χ1n) is 7.08. The Bertz CT molecular complexity index is 686. The molecule has 0 aliphatic carbocycles. The average Bonchev–Trinajstić information content (AvgIpc) is 2.90. The molecule has 22 heavy (non-hydrogen) atoms. The van der Waals surface area contributed by atoms with Gasteiger partial charge in [-0.25, -0.2) is 0 Å². The summed E-state index contributed by atoms with van der Waals surface area (Å²) in [5.41, 5.74) is 1.96. The highest BCUT2D eigenvalue weighted by Gasteiger charge is 2.32. The average molecular weight is 297 g/mol. The fraction of sp³-hybridized carbons (Fsp3) is 0.250.